The number of benzene rings is 2. The Hall–Kier alpha value is -2.00. The highest BCUT2D eigenvalue weighted by molar-refractivity contribution is 6.30. The third-order valence-electron chi connectivity index (χ3n) is 3.02. The summed E-state index contributed by atoms with van der Waals surface area (Å²) in [5.74, 6) is 0.428. The van der Waals surface area contributed by atoms with Gasteiger partial charge >= 0.3 is 0 Å². The molecular formula is C17H18ClNO2. The Kier molecular flexibility index (Phi) is 5.23. The lowest BCUT2D eigenvalue weighted by Gasteiger charge is -2.17. The van der Waals surface area contributed by atoms with Crippen LogP contribution < -0.4 is 10.1 Å². The summed E-state index contributed by atoms with van der Waals surface area (Å²) in [6.45, 7) is 3.89. The fraction of sp³-hybridized carbons (Fsp3) is 0.235. The lowest BCUT2D eigenvalue weighted by Crippen LogP contribution is -2.32. The van der Waals surface area contributed by atoms with Crippen molar-refractivity contribution in [3.63, 3.8) is 0 Å². The minimum Gasteiger partial charge on any atom is -0.481 e. The summed E-state index contributed by atoms with van der Waals surface area (Å²) in [7, 11) is 0. The van der Waals surface area contributed by atoms with E-state index in [0.717, 1.165) is 11.3 Å². The Morgan fingerprint density at radius 3 is 2.67 bits per heavy atom. The van der Waals surface area contributed by atoms with Crippen LogP contribution in [0.1, 0.15) is 18.9 Å². The van der Waals surface area contributed by atoms with Gasteiger partial charge in [0.05, 0.1) is 0 Å². The number of carbonyl (C=O) groups excluding carboxylic acids is 1. The average Bonchev–Trinajstić information content (AvgIpc) is 2.44. The zero-order valence-corrected chi connectivity index (χ0v) is 12.9. The Balaban J connectivity index is 2.05. The highest BCUT2D eigenvalue weighted by Crippen LogP contribution is 2.20. The quantitative estimate of drug-likeness (QED) is 0.886. The van der Waals surface area contributed by atoms with Crippen molar-refractivity contribution in [2.75, 3.05) is 5.32 Å². The Morgan fingerprint density at radius 2 is 2.00 bits per heavy atom. The number of ether oxygens (including phenoxy) is 1. The van der Waals surface area contributed by atoms with Gasteiger partial charge < -0.3 is 10.1 Å². The number of aryl methyl sites for hydroxylation is 1. The van der Waals surface area contributed by atoms with Gasteiger partial charge in [0.1, 0.15) is 5.75 Å². The van der Waals surface area contributed by atoms with E-state index in [1.807, 2.05) is 38.1 Å². The molecule has 0 aliphatic heterocycles. The lowest BCUT2D eigenvalue weighted by molar-refractivity contribution is -0.122. The first-order valence-corrected chi connectivity index (χ1v) is 7.26. The van der Waals surface area contributed by atoms with Crippen LogP contribution in [0.3, 0.4) is 0 Å². The highest BCUT2D eigenvalue weighted by atomic mass is 35.5. The molecule has 0 aromatic heterocycles. The first-order valence-electron chi connectivity index (χ1n) is 6.88. The van der Waals surface area contributed by atoms with Crippen molar-refractivity contribution in [1.82, 2.24) is 0 Å². The van der Waals surface area contributed by atoms with Crippen molar-refractivity contribution in [2.24, 2.45) is 0 Å². The molecule has 0 bridgehead atoms. The van der Waals surface area contributed by atoms with Crippen LogP contribution in [-0.4, -0.2) is 12.0 Å². The zero-order chi connectivity index (χ0) is 15.2. The van der Waals surface area contributed by atoms with Gasteiger partial charge in [0.2, 0.25) is 0 Å². The van der Waals surface area contributed by atoms with E-state index in [4.69, 9.17) is 16.3 Å². The van der Waals surface area contributed by atoms with E-state index >= 15 is 0 Å². The predicted molar refractivity (Wildman–Crippen MR) is 86.0 cm³/mol. The van der Waals surface area contributed by atoms with Crippen molar-refractivity contribution in [1.29, 1.82) is 0 Å². The second kappa shape index (κ2) is 7.14. The van der Waals surface area contributed by atoms with Gasteiger partial charge in [-0.1, -0.05) is 36.7 Å². The maximum absolute atomic E-state index is 12.3. The van der Waals surface area contributed by atoms with Crippen molar-refractivity contribution in [2.45, 2.75) is 26.4 Å². The normalized spacial score (nSPS) is 11.8. The maximum Gasteiger partial charge on any atom is 0.265 e. The van der Waals surface area contributed by atoms with E-state index in [1.165, 1.54) is 0 Å². The molecule has 0 aliphatic rings. The van der Waals surface area contributed by atoms with Crippen LogP contribution >= 0.6 is 11.6 Å². The molecule has 0 unspecified atom stereocenters. The number of amides is 1. The SMILES string of the molecule is CC[C@H](Oc1cccc(Cl)c1)C(=O)Nc1cccc(C)c1. The number of hydrogen-bond donors (Lipinski definition) is 1. The number of carbonyl (C=O) groups is 1. The summed E-state index contributed by atoms with van der Waals surface area (Å²) >= 11 is 5.92. The molecule has 1 atom stereocenters. The van der Waals surface area contributed by atoms with Crippen LogP contribution in [0.4, 0.5) is 5.69 Å². The van der Waals surface area contributed by atoms with E-state index in [1.54, 1.807) is 24.3 Å². The molecule has 3 nitrogen and oxygen atoms in total. The van der Waals surface area contributed by atoms with Crippen LogP contribution in [0.2, 0.25) is 5.02 Å². The summed E-state index contributed by atoms with van der Waals surface area (Å²) in [5.41, 5.74) is 1.87. The van der Waals surface area contributed by atoms with Gasteiger partial charge in [-0.25, -0.2) is 0 Å². The third-order valence-corrected chi connectivity index (χ3v) is 3.26. The fourth-order valence-corrected chi connectivity index (χ4v) is 2.15. The van der Waals surface area contributed by atoms with E-state index < -0.39 is 6.10 Å². The molecule has 0 spiro atoms. The topological polar surface area (TPSA) is 38.3 Å². The number of nitrogens with one attached hydrogen (secondary N) is 1. The largest absolute Gasteiger partial charge is 0.481 e. The van der Waals surface area contributed by atoms with E-state index in [2.05, 4.69) is 5.32 Å². The van der Waals surface area contributed by atoms with E-state index in [0.29, 0.717) is 17.2 Å². The smallest absolute Gasteiger partial charge is 0.265 e. The molecule has 2 aromatic rings. The van der Waals surface area contributed by atoms with Crippen molar-refractivity contribution in [3.05, 3.63) is 59.1 Å². The monoisotopic (exact) mass is 303 g/mol. The second-order valence-corrected chi connectivity index (χ2v) is 5.27. The first kappa shape index (κ1) is 15.4. The molecule has 2 rings (SSSR count). The van der Waals surface area contributed by atoms with Gasteiger partial charge in [-0.15, -0.1) is 0 Å². The number of anilines is 1. The summed E-state index contributed by atoms with van der Waals surface area (Å²) in [5, 5.41) is 3.46. The third kappa shape index (κ3) is 4.50. The molecule has 0 heterocycles. The Bertz CT molecular complexity index is 628. The Labute approximate surface area is 129 Å². The van der Waals surface area contributed by atoms with Crippen LogP contribution in [0.15, 0.2) is 48.5 Å². The molecule has 1 amide bonds. The second-order valence-electron chi connectivity index (χ2n) is 4.83. The molecule has 0 aliphatic carbocycles. The van der Waals surface area contributed by atoms with Crippen molar-refractivity contribution < 1.29 is 9.53 Å². The minimum absolute atomic E-state index is 0.164. The van der Waals surface area contributed by atoms with Gasteiger partial charge in [0.25, 0.3) is 5.91 Å². The molecule has 0 saturated carbocycles. The van der Waals surface area contributed by atoms with E-state index in [9.17, 15) is 4.79 Å². The van der Waals surface area contributed by atoms with Crippen molar-refractivity contribution in [3.8, 4) is 5.75 Å². The number of hydrogen-bond acceptors (Lipinski definition) is 2. The van der Waals surface area contributed by atoms with Gasteiger partial charge in [0, 0.05) is 10.7 Å². The first-order chi connectivity index (χ1) is 10.1. The maximum atomic E-state index is 12.3. The van der Waals surface area contributed by atoms with E-state index in [-0.39, 0.29) is 5.91 Å². The summed E-state index contributed by atoms with van der Waals surface area (Å²) < 4.78 is 5.71. The minimum atomic E-state index is -0.552. The van der Waals surface area contributed by atoms with Crippen LogP contribution in [0, 0.1) is 6.92 Å². The number of halogens is 1. The molecule has 1 N–H and O–H groups in total. The summed E-state index contributed by atoms with van der Waals surface area (Å²) in [6.07, 6.45) is 0.0217. The van der Waals surface area contributed by atoms with Crippen LogP contribution in [-0.2, 0) is 4.79 Å². The van der Waals surface area contributed by atoms with Gasteiger partial charge in [0.15, 0.2) is 6.10 Å². The molecule has 110 valence electrons. The fourth-order valence-electron chi connectivity index (χ4n) is 1.97. The van der Waals surface area contributed by atoms with Crippen molar-refractivity contribution >= 4 is 23.2 Å². The molecule has 2 aromatic carbocycles. The van der Waals surface area contributed by atoms with Gasteiger partial charge in [-0.2, -0.15) is 0 Å². The van der Waals surface area contributed by atoms with Gasteiger partial charge in [-0.05, 0) is 49.2 Å². The summed E-state index contributed by atoms with van der Waals surface area (Å²) in [6, 6.07) is 14.7. The molecular weight excluding hydrogens is 286 g/mol. The average molecular weight is 304 g/mol. The zero-order valence-electron chi connectivity index (χ0n) is 12.1. The molecule has 21 heavy (non-hydrogen) atoms. The molecule has 4 heteroatoms. The highest BCUT2D eigenvalue weighted by Gasteiger charge is 2.18. The lowest BCUT2D eigenvalue weighted by atomic mass is 10.2. The number of rotatable bonds is 5. The van der Waals surface area contributed by atoms with Gasteiger partial charge in [-0.3, -0.25) is 4.79 Å². The Morgan fingerprint density at radius 1 is 1.24 bits per heavy atom. The molecule has 0 saturated heterocycles. The van der Waals surface area contributed by atoms with Crippen LogP contribution in [0.25, 0.3) is 0 Å². The summed E-state index contributed by atoms with van der Waals surface area (Å²) in [4.78, 5) is 12.3. The standard InChI is InChI=1S/C17H18ClNO2/c1-3-16(21-15-9-5-7-13(18)11-15)17(20)19-14-8-4-6-12(2)10-14/h4-11,16H,3H2,1-2H3,(H,19,20)/t16-/m0/s1. The molecule has 0 fully saturated rings. The predicted octanol–water partition coefficient (Wildman–Crippen LogP) is 4.44. The molecule has 0 radical (unpaired) electrons. The van der Waals surface area contributed by atoms with Crippen LogP contribution in [0.5, 0.6) is 5.75 Å².